The van der Waals surface area contributed by atoms with Crippen LogP contribution in [0.5, 0.6) is 0 Å². The summed E-state index contributed by atoms with van der Waals surface area (Å²) in [5.41, 5.74) is 2.99. The highest BCUT2D eigenvalue weighted by molar-refractivity contribution is 5.84. The number of guanidine groups is 1. The summed E-state index contributed by atoms with van der Waals surface area (Å²) < 4.78 is 0. The van der Waals surface area contributed by atoms with Crippen LogP contribution in [0.4, 0.5) is 0 Å². The molecule has 1 aliphatic heterocycles. The Balaban J connectivity index is 1.98. The van der Waals surface area contributed by atoms with Crippen LogP contribution >= 0.6 is 0 Å². The Hall–Kier alpha value is -2.63. The summed E-state index contributed by atoms with van der Waals surface area (Å²) in [5.74, 6) is 6.98. The van der Waals surface area contributed by atoms with E-state index in [1.165, 1.54) is 5.17 Å². The fourth-order valence-corrected chi connectivity index (χ4v) is 3.93. The van der Waals surface area contributed by atoms with Crippen molar-refractivity contribution in [3.63, 3.8) is 0 Å². The number of fused-ring (bicyclic) bond motifs is 4. The van der Waals surface area contributed by atoms with Gasteiger partial charge in [0, 0.05) is 23.2 Å². The van der Waals surface area contributed by atoms with E-state index in [1.807, 2.05) is 24.3 Å². The molecule has 0 fully saturated rings. The van der Waals surface area contributed by atoms with Crippen molar-refractivity contribution in [2.45, 2.75) is 39.0 Å². The van der Waals surface area contributed by atoms with Crippen molar-refractivity contribution in [2.75, 3.05) is 6.54 Å². The third-order valence-corrected chi connectivity index (χ3v) is 5.15. The van der Waals surface area contributed by atoms with Crippen LogP contribution in [0.1, 0.15) is 49.9 Å². The number of hydrazine groups is 1. The Bertz CT molecular complexity index is 876. The van der Waals surface area contributed by atoms with Crippen LogP contribution in [-0.4, -0.2) is 28.1 Å². The zero-order chi connectivity index (χ0) is 19.2. The number of rotatable bonds is 1. The standard InChI is InChI=1S/C22H26N4O/c1-5-25(21(2,3)4)20-24-22(27-26(20)23)18-12-8-6-10-16(18)14-15-17-11-7-9-13-19(17)22/h6-15H,5,23H2,1-4H3. The van der Waals surface area contributed by atoms with Crippen LogP contribution in [0.15, 0.2) is 53.5 Å². The van der Waals surface area contributed by atoms with Gasteiger partial charge in [0.15, 0.2) is 0 Å². The topological polar surface area (TPSA) is 54.1 Å². The molecular weight excluding hydrogens is 336 g/mol. The average Bonchev–Trinajstić information content (AvgIpc) is 2.91. The van der Waals surface area contributed by atoms with Crippen molar-refractivity contribution >= 4 is 18.1 Å². The fourth-order valence-electron chi connectivity index (χ4n) is 3.93. The van der Waals surface area contributed by atoms with Crippen LogP contribution in [0.2, 0.25) is 0 Å². The normalized spacial score (nSPS) is 17.4. The maximum Gasteiger partial charge on any atom is 0.242 e. The van der Waals surface area contributed by atoms with Gasteiger partial charge in [-0.15, -0.1) is 5.17 Å². The number of hydrogen-bond donors (Lipinski definition) is 1. The lowest BCUT2D eigenvalue weighted by molar-refractivity contribution is -0.173. The SMILES string of the molecule is CCN(C1=NC2(ON1N)c1ccccc1C=Cc1ccccc12)C(C)(C)C. The molecule has 1 heterocycles. The predicted octanol–water partition coefficient (Wildman–Crippen LogP) is 3.97. The predicted molar refractivity (Wildman–Crippen MR) is 109 cm³/mol. The van der Waals surface area contributed by atoms with Crippen molar-refractivity contribution in [2.24, 2.45) is 10.8 Å². The summed E-state index contributed by atoms with van der Waals surface area (Å²) in [7, 11) is 0. The molecule has 2 aromatic carbocycles. The summed E-state index contributed by atoms with van der Waals surface area (Å²) in [4.78, 5) is 13.6. The molecule has 0 amide bonds. The molecule has 0 radical (unpaired) electrons. The van der Waals surface area contributed by atoms with Gasteiger partial charge in [-0.2, -0.15) is 0 Å². The van der Waals surface area contributed by atoms with Crippen molar-refractivity contribution in [3.8, 4) is 0 Å². The van der Waals surface area contributed by atoms with Crippen LogP contribution in [0.25, 0.3) is 12.2 Å². The van der Waals surface area contributed by atoms with Gasteiger partial charge in [-0.3, -0.25) is 0 Å². The van der Waals surface area contributed by atoms with E-state index in [0.29, 0.717) is 5.96 Å². The second kappa shape index (κ2) is 6.22. The van der Waals surface area contributed by atoms with E-state index in [1.54, 1.807) is 0 Å². The Kier molecular flexibility index (Phi) is 4.09. The Morgan fingerprint density at radius 3 is 2.00 bits per heavy atom. The number of nitrogens with two attached hydrogens (primary N) is 1. The summed E-state index contributed by atoms with van der Waals surface area (Å²) in [6.45, 7) is 9.32. The third kappa shape index (κ3) is 2.74. The molecule has 2 N–H and O–H groups in total. The van der Waals surface area contributed by atoms with Gasteiger partial charge in [0.05, 0.1) is 0 Å². The maximum atomic E-state index is 6.34. The highest BCUT2D eigenvalue weighted by Gasteiger charge is 2.48. The number of hydrogen-bond acceptors (Lipinski definition) is 5. The molecule has 0 aromatic heterocycles. The molecule has 0 saturated heterocycles. The van der Waals surface area contributed by atoms with Gasteiger partial charge in [-0.25, -0.2) is 15.7 Å². The van der Waals surface area contributed by atoms with E-state index in [-0.39, 0.29) is 5.54 Å². The van der Waals surface area contributed by atoms with Crippen molar-refractivity contribution < 1.29 is 4.84 Å². The molecule has 0 unspecified atom stereocenters. The molecule has 140 valence electrons. The van der Waals surface area contributed by atoms with Crippen molar-refractivity contribution in [1.29, 1.82) is 0 Å². The molecular formula is C22H26N4O. The molecule has 0 atom stereocenters. The second-order valence-corrected chi connectivity index (χ2v) is 7.90. The van der Waals surface area contributed by atoms with E-state index >= 15 is 0 Å². The summed E-state index contributed by atoms with van der Waals surface area (Å²) in [6.07, 6.45) is 4.23. The van der Waals surface area contributed by atoms with Crippen LogP contribution in [0, 0.1) is 0 Å². The van der Waals surface area contributed by atoms with E-state index in [4.69, 9.17) is 15.7 Å². The molecule has 0 bridgehead atoms. The zero-order valence-electron chi connectivity index (χ0n) is 16.3. The summed E-state index contributed by atoms with van der Waals surface area (Å²) in [6, 6.07) is 16.4. The van der Waals surface area contributed by atoms with Crippen molar-refractivity contribution in [1.82, 2.24) is 10.1 Å². The smallest absolute Gasteiger partial charge is 0.242 e. The zero-order valence-corrected chi connectivity index (χ0v) is 16.3. The summed E-state index contributed by atoms with van der Waals surface area (Å²) in [5, 5.41) is 1.33. The maximum absolute atomic E-state index is 6.34. The van der Waals surface area contributed by atoms with Crippen molar-refractivity contribution in [3.05, 3.63) is 70.8 Å². The lowest BCUT2D eigenvalue weighted by Crippen LogP contribution is -2.52. The molecule has 2 aromatic rings. The molecule has 27 heavy (non-hydrogen) atoms. The van der Waals surface area contributed by atoms with Crippen LogP contribution in [-0.2, 0) is 10.6 Å². The van der Waals surface area contributed by atoms with Gasteiger partial charge in [0.2, 0.25) is 11.7 Å². The largest absolute Gasteiger partial charge is 0.335 e. The highest BCUT2D eigenvalue weighted by atomic mass is 16.7. The minimum absolute atomic E-state index is 0.137. The van der Waals surface area contributed by atoms with Gasteiger partial charge < -0.3 is 4.90 Å². The molecule has 1 aliphatic carbocycles. The Morgan fingerprint density at radius 2 is 1.52 bits per heavy atom. The number of nitrogens with zero attached hydrogens (tertiary/aromatic N) is 3. The lowest BCUT2D eigenvalue weighted by atomic mass is 9.91. The van der Waals surface area contributed by atoms with Gasteiger partial charge in [-0.1, -0.05) is 60.7 Å². The van der Waals surface area contributed by atoms with E-state index < -0.39 is 5.72 Å². The lowest BCUT2D eigenvalue weighted by Gasteiger charge is -2.37. The van der Waals surface area contributed by atoms with E-state index in [0.717, 1.165) is 28.8 Å². The first kappa shape index (κ1) is 17.8. The van der Waals surface area contributed by atoms with Crippen LogP contribution in [0.3, 0.4) is 0 Å². The molecule has 4 rings (SSSR count). The molecule has 1 spiro atoms. The van der Waals surface area contributed by atoms with Gasteiger partial charge in [0.25, 0.3) is 0 Å². The third-order valence-electron chi connectivity index (χ3n) is 5.15. The molecule has 2 aliphatic rings. The van der Waals surface area contributed by atoms with E-state index in [9.17, 15) is 0 Å². The number of benzene rings is 2. The summed E-state index contributed by atoms with van der Waals surface area (Å²) >= 11 is 0. The van der Waals surface area contributed by atoms with E-state index in [2.05, 4.69) is 69.0 Å². The monoisotopic (exact) mass is 362 g/mol. The molecule has 0 saturated carbocycles. The first-order chi connectivity index (χ1) is 12.9. The highest BCUT2D eigenvalue weighted by Crippen LogP contribution is 2.45. The number of hydroxylamine groups is 1. The fraction of sp³-hybridized carbons (Fsp3) is 0.318. The minimum atomic E-state index is -1.00. The first-order valence-corrected chi connectivity index (χ1v) is 9.35. The second-order valence-electron chi connectivity index (χ2n) is 7.90. The Labute approximate surface area is 160 Å². The van der Waals surface area contributed by atoms with Crippen LogP contribution < -0.4 is 5.84 Å². The Morgan fingerprint density at radius 1 is 1.00 bits per heavy atom. The average molecular weight is 362 g/mol. The van der Waals surface area contributed by atoms with Gasteiger partial charge in [-0.05, 0) is 38.8 Å². The number of aliphatic imine (C=N–C) groups is 1. The quantitative estimate of drug-likeness (QED) is 0.780. The first-order valence-electron chi connectivity index (χ1n) is 9.35. The molecule has 5 heteroatoms. The molecule has 5 nitrogen and oxygen atoms in total. The minimum Gasteiger partial charge on any atom is -0.335 e. The van der Waals surface area contributed by atoms with Gasteiger partial charge >= 0.3 is 0 Å². The van der Waals surface area contributed by atoms with Gasteiger partial charge in [0.1, 0.15) is 0 Å².